The standard InChI is InChI=1S/C11H13NO/c1-7-4-5-9-8(2)12(3)11(13)10(9)6-7/h4-6,8H,1-3H3. The van der Waals surface area contributed by atoms with Crippen molar-refractivity contribution in [2.45, 2.75) is 19.9 Å². The molecule has 0 spiro atoms. The second-order valence-electron chi connectivity index (χ2n) is 3.68. The lowest BCUT2D eigenvalue weighted by atomic mass is 10.0. The van der Waals surface area contributed by atoms with Crippen LogP contribution in [0.2, 0.25) is 0 Å². The smallest absolute Gasteiger partial charge is 0.254 e. The molecule has 0 radical (unpaired) electrons. The Bertz CT molecular complexity index is 370. The van der Waals surface area contributed by atoms with Gasteiger partial charge in [-0.25, -0.2) is 0 Å². The van der Waals surface area contributed by atoms with E-state index in [1.807, 2.05) is 20.0 Å². The summed E-state index contributed by atoms with van der Waals surface area (Å²) in [7, 11) is 1.85. The summed E-state index contributed by atoms with van der Waals surface area (Å²) in [5.41, 5.74) is 3.17. The maximum atomic E-state index is 11.7. The van der Waals surface area contributed by atoms with Gasteiger partial charge in [-0.3, -0.25) is 4.79 Å². The second kappa shape index (κ2) is 2.59. The van der Waals surface area contributed by atoms with E-state index in [0.29, 0.717) is 0 Å². The maximum absolute atomic E-state index is 11.7. The number of hydrogen-bond acceptors (Lipinski definition) is 1. The van der Waals surface area contributed by atoms with Gasteiger partial charge < -0.3 is 4.90 Å². The molecule has 2 heteroatoms. The van der Waals surface area contributed by atoms with Gasteiger partial charge in [0.25, 0.3) is 5.91 Å². The molecule has 68 valence electrons. The predicted molar refractivity (Wildman–Crippen MR) is 51.7 cm³/mol. The second-order valence-corrected chi connectivity index (χ2v) is 3.68. The third-order valence-corrected chi connectivity index (χ3v) is 2.79. The van der Waals surface area contributed by atoms with Crippen molar-refractivity contribution in [2.75, 3.05) is 7.05 Å². The Morgan fingerprint density at radius 2 is 2.08 bits per heavy atom. The van der Waals surface area contributed by atoms with Gasteiger partial charge in [-0.15, -0.1) is 0 Å². The first-order valence-corrected chi connectivity index (χ1v) is 4.49. The highest BCUT2D eigenvalue weighted by Gasteiger charge is 2.30. The molecular weight excluding hydrogens is 162 g/mol. The quantitative estimate of drug-likeness (QED) is 0.591. The van der Waals surface area contributed by atoms with Crippen LogP contribution in [0, 0.1) is 6.92 Å². The number of hydrogen-bond donors (Lipinski definition) is 0. The van der Waals surface area contributed by atoms with Gasteiger partial charge in [-0.2, -0.15) is 0 Å². The van der Waals surface area contributed by atoms with Gasteiger partial charge in [-0.1, -0.05) is 17.7 Å². The van der Waals surface area contributed by atoms with Gasteiger partial charge in [0.15, 0.2) is 0 Å². The van der Waals surface area contributed by atoms with Crippen LogP contribution < -0.4 is 0 Å². The first kappa shape index (κ1) is 8.30. The Morgan fingerprint density at radius 3 is 2.77 bits per heavy atom. The summed E-state index contributed by atoms with van der Waals surface area (Å²) in [6.07, 6.45) is 0. The van der Waals surface area contributed by atoms with Crippen LogP contribution in [0.4, 0.5) is 0 Å². The van der Waals surface area contributed by atoms with Crippen LogP contribution in [0.25, 0.3) is 0 Å². The molecule has 1 aliphatic heterocycles. The Kier molecular flexibility index (Phi) is 1.65. The van der Waals surface area contributed by atoms with Gasteiger partial charge in [0.05, 0.1) is 6.04 Å². The van der Waals surface area contributed by atoms with Crippen molar-refractivity contribution < 1.29 is 4.79 Å². The third kappa shape index (κ3) is 1.05. The summed E-state index contributed by atoms with van der Waals surface area (Å²) in [5, 5.41) is 0. The number of benzene rings is 1. The molecule has 1 amide bonds. The van der Waals surface area contributed by atoms with Crippen LogP contribution in [-0.4, -0.2) is 17.9 Å². The van der Waals surface area contributed by atoms with E-state index in [-0.39, 0.29) is 11.9 Å². The van der Waals surface area contributed by atoms with Crippen LogP contribution in [0.15, 0.2) is 18.2 Å². The van der Waals surface area contributed by atoms with E-state index in [4.69, 9.17) is 0 Å². The lowest BCUT2D eigenvalue weighted by Crippen LogP contribution is -2.20. The molecule has 0 aliphatic carbocycles. The molecule has 0 bridgehead atoms. The average Bonchev–Trinajstić information content (AvgIpc) is 2.32. The maximum Gasteiger partial charge on any atom is 0.254 e. The zero-order valence-corrected chi connectivity index (χ0v) is 8.16. The van der Waals surface area contributed by atoms with E-state index >= 15 is 0 Å². The van der Waals surface area contributed by atoms with Gasteiger partial charge >= 0.3 is 0 Å². The van der Waals surface area contributed by atoms with Crippen molar-refractivity contribution in [2.24, 2.45) is 0 Å². The van der Waals surface area contributed by atoms with Crippen molar-refractivity contribution in [3.05, 3.63) is 34.9 Å². The third-order valence-electron chi connectivity index (χ3n) is 2.79. The number of fused-ring (bicyclic) bond motifs is 1. The predicted octanol–water partition coefficient (Wildman–Crippen LogP) is 2.14. The molecule has 13 heavy (non-hydrogen) atoms. The molecule has 1 heterocycles. The molecule has 1 atom stereocenters. The van der Waals surface area contributed by atoms with Crippen molar-refractivity contribution >= 4 is 5.91 Å². The van der Waals surface area contributed by atoms with Crippen molar-refractivity contribution in [1.29, 1.82) is 0 Å². The summed E-state index contributed by atoms with van der Waals surface area (Å²) >= 11 is 0. The van der Waals surface area contributed by atoms with Crippen LogP contribution in [0.3, 0.4) is 0 Å². The SMILES string of the molecule is Cc1ccc2c(c1)C(=O)N(C)C2C. The first-order valence-electron chi connectivity index (χ1n) is 4.49. The topological polar surface area (TPSA) is 20.3 Å². The first-order chi connectivity index (χ1) is 6.11. The largest absolute Gasteiger partial charge is 0.335 e. The zero-order chi connectivity index (χ0) is 9.59. The number of aryl methyl sites for hydroxylation is 1. The summed E-state index contributed by atoms with van der Waals surface area (Å²) in [6, 6.07) is 6.30. The Morgan fingerprint density at radius 1 is 1.38 bits per heavy atom. The van der Waals surface area contributed by atoms with E-state index in [0.717, 1.165) is 16.7 Å². The molecule has 0 saturated heterocycles. The number of amides is 1. The molecule has 1 aliphatic rings. The zero-order valence-electron chi connectivity index (χ0n) is 8.16. The van der Waals surface area contributed by atoms with Crippen molar-refractivity contribution in [3.8, 4) is 0 Å². The number of carbonyl (C=O) groups excluding carboxylic acids is 1. The minimum atomic E-state index is 0.145. The van der Waals surface area contributed by atoms with Crippen LogP contribution in [0.1, 0.15) is 34.5 Å². The van der Waals surface area contributed by atoms with Crippen LogP contribution in [0.5, 0.6) is 0 Å². The molecule has 1 unspecified atom stereocenters. The monoisotopic (exact) mass is 175 g/mol. The van der Waals surface area contributed by atoms with E-state index in [2.05, 4.69) is 19.1 Å². The van der Waals surface area contributed by atoms with Gasteiger partial charge in [0.1, 0.15) is 0 Å². The van der Waals surface area contributed by atoms with E-state index in [1.165, 1.54) is 0 Å². The molecule has 0 N–H and O–H groups in total. The van der Waals surface area contributed by atoms with Crippen LogP contribution in [-0.2, 0) is 0 Å². The summed E-state index contributed by atoms with van der Waals surface area (Å²) in [6.45, 7) is 4.07. The molecule has 0 aromatic heterocycles. The average molecular weight is 175 g/mol. The van der Waals surface area contributed by atoms with E-state index in [9.17, 15) is 4.79 Å². The Balaban J connectivity index is 2.60. The lowest BCUT2D eigenvalue weighted by Gasteiger charge is -2.14. The lowest BCUT2D eigenvalue weighted by molar-refractivity contribution is 0.0784. The molecule has 2 nitrogen and oxygen atoms in total. The summed E-state index contributed by atoms with van der Waals surface area (Å²) in [4.78, 5) is 13.5. The van der Waals surface area contributed by atoms with Crippen molar-refractivity contribution in [1.82, 2.24) is 4.90 Å². The molecular formula is C11H13NO. The number of carbonyl (C=O) groups is 1. The molecule has 2 rings (SSSR count). The molecule has 0 fully saturated rings. The molecule has 1 aromatic rings. The normalized spacial score (nSPS) is 20.7. The van der Waals surface area contributed by atoms with Gasteiger partial charge in [0.2, 0.25) is 0 Å². The summed E-state index contributed by atoms with van der Waals surface area (Å²) in [5.74, 6) is 0.145. The highest BCUT2D eigenvalue weighted by atomic mass is 16.2. The summed E-state index contributed by atoms with van der Waals surface area (Å²) < 4.78 is 0. The minimum absolute atomic E-state index is 0.145. The highest BCUT2D eigenvalue weighted by molar-refractivity contribution is 5.99. The number of nitrogens with zero attached hydrogens (tertiary/aromatic N) is 1. The van der Waals surface area contributed by atoms with Crippen molar-refractivity contribution in [3.63, 3.8) is 0 Å². The Hall–Kier alpha value is -1.31. The van der Waals surface area contributed by atoms with Crippen LogP contribution >= 0.6 is 0 Å². The molecule has 1 aromatic carbocycles. The fraction of sp³-hybridized carbons (Fsp3) is 0.364. The fourth-order valence-electron chi connectivity index (χ4n) is 1.79. The fourth-order valence-corrected chi connectivity index (χ4v) is 1.79. The van der Waals surface area contributed by atoms with E-state index in [1.54, 1.807) is 4.90 Å². The Labute approximate surface area is 78.2 Å². The van der Waals surface area contributed by atoms with Gasteiger partial charge in [-0.05, 0) is 25.5 Å². The van der Waals surface area contributed by atoms with E-state index < -0.39 is 0 Å². The highest BCUT2D eigenvalue weighted by Crippen LogP contribution is 2.31. The molecule has 0 saturated carbocycles. The van der Waals surface area contributed by atoms with Gasteiger partial charge in [0, 0.05) is 12.6 Å². The number of rotatable bonds is 0. The minimum Gasteiger partial charge on any atom is -0.335 e.